The van der Waals surface area contributed by atoms with Crippen LogP contribution in [0, 0.1) is 11.3 Å². The topological polar surface area (TPSA) is 61.8 Å². The zero-order chi connectivity index (χ0) is 11.5. The van der Waals surface area contributed by atoms with Crippen LogP contribution in [0.4, 0.5) is 0 Å². The number of aliphatic hydroxyl groups is 1. The van der Waals surface area contributed by atoms with Crippen molar-refractivity contribution in [1.29, 1.82) is 5.26 Å². The first-order valence-corrected chi connectivity index (χ1v) is 4.87. The lowest BCUT2D eigenvalue weighted by Crippen LogP contribution is -1.98. The van der Waals surface area contributed by atoms with Gasteiger partial charge in [-0.1, -0.05) is 12.1 Å². The Morgan fingerprint density at radius 1 is 1.31 bits per heavy atom. The molecule has 80 valence electrons. The minimum absolute atomic E-state index is 0.585. The lowest BCUT2D eigenvalue weighted by molar-refractivity contribution is 0.220. The highest BCUT2D eigenvalue weighted by Crippen LogP contribution is 2.21. The first-order valence-electron chi connectivity index (χ1n) is 4.87. The molecule has 1 aromatic carbocycles. The Hall–Kier alpha value is -2.12. The highest BCUT2D eigenvalue weighted by molar-refractivity contribution is 5.35. The second-order valence-corrected chi connectivity index (χ2v) is 3.58. The van der Waals surface area contributed by atoms with Gasteiger partial charge in [-0.2, -0.15) is 10.4 Å². The molecule has 0 amide bonds. The first-order chi connectivity index (χ1) is 7.70. The molecule has 0 fully saturated rings. The second kappa shape index (κ2) is 4.17. The average Bonchev–Trinajstić information content (AvgIpc) is 2.75. The summed E-state index contributed by atoms with van der Waals surface area (Å²) >= 11 is 0. The number of aliphatic hydroxyl groups excluding tert-OH is 1. The van der Waals surface area contributed by atoms with Gasteiger partial charge in [-0.25, -0.2) is 0 Å². The van der Waals surface area contributed by atoms with E-state index in [-0.39, 0.29) is 0 Å². The van der Waals surface area contributed by atoms with Gasteiger partial charge in [-0.3, -0.25) is 4.68 Å². The number of aryl methyl sites for hydroxylation is 1. The standard InChI is InChI=1S/C12H11N3O/c1-15-8-11(7-14-15)12(16)10-4-2-9(6-13)3-5-10/h2-5,7-8,12,16H,1H3. The largest absolute Gasteiger partial charge is 0.384 e. The van der Waals surface area contributed by atoms with Crippen LogP contribution >= 0.6 is 0 Å². The molecule has 0 bridgehead atoms. The number of benzene rings is 1. The van der Waals surface area contributed by atoms with Gasteiger partial charge in [-0.15, -0.1) is 0 Å². The van der Waals surface area contributed by atoms with Crippen molar-refractivity contribution in [2.24, 2.45) is 7.05 Å². The van der Waals surface area contributed by atoms with Crippen molar-refractivity contribution in [3.63, 3.8) is 0 Å². The minimum Gasteiger partial charge on any atom is -0.384 e. The number of nitrogens with zero attached hydrogens (tertiary/aromatic N) is 3. The van der Waals surface area contributed by atoms with Crippen molar-refractivity contribution in [2.75, 3.05) is 0 Å². The highest BCUT2D eigenvalue weighted by Gasteiger charge is 2.11. The van der Waals surface area contributed by atoms with Crippen molar-refractivity contribution < 1.29 is 5.11 Å². The quantitative estimate of drug-likeness (QED) is 0.819. The van der Waals surface area contributed by atoms with Crippen molar-refractivity contribution in [2.45, 2.75) is 6.10 Å². The Morgan fingerprint density at radius 3 is 2.50 bits per heavy atom. The molecular weight excluding hydrogens is 202 g/mol. The van der Waals surface area contributed by atoms with E-state index < -0.39 is 6.10 Å². The molecule has 0 aliphatic rings. The Morgan fingerprint density at radius 2 is 2.00 bits per heavy atom. The molecule has 2 rings (SSSR count). The van der Waals surface area contributed by atoms with Gasteiger partial charge < -0.3 is 5.11 Å². The van der Waals surface area contributed by atoms with Crippen LogP contribution in [0.1, 0.15) is 22.8 Å². The normalized spacial score (nSPS) is 12.1. The molecule has 1 unspecified atom stereocenters. The van der Waals surface area contributed by atoms with Gasteiger partial charge in [0.2, 0.25) is 0 Å². The molecule has 4 nitrogen and oxygen atoms in total. The predicted molar refractivity (Wildman–Crippen MR) is 58.4 cm³/mol. The minimum atomic E-state index is -0.693. The van der Waals surface area contributed by atoms with Gasteiger partial charge in [0.1, 0.15) is 6.10 Å². The summed E-state index contributed by atoms with van der Waals surface area (Å²) in [7, 11) is 1.80. The molecule has 0 spiro atoms. The SMILES string of the molecule is Cn1cc(C(O)c2ccc(C#N)cc2)cn1. The number of hydrogen-bond acceptors (Lipinski definition) is 3. The summed E-state index contributed by atoms with van der Waals surface area (Å²) in [6.45, 7) is 0. The van der Waals surface area contributed by atoms with Crippen LogP contribution in [-0.2, 0) is 7.05 Å². The van der Waals surface area contributed by atoms with Crippen LogP contribution in [0.25, 0.3) is 0 Å². The smallest absolute Gasteiger partial charge is 0.107 e. The number of nitriles is 1. The lowest BCUT2D eigenvalue weighted by atomic mass is 10.0. The number of rotatable bonds is 2. The summed E-state index contributed by atoms with van der Waals surface area (Å²) in [6, 6.07) is 8.91. The Bertz CT molecular complexity index is 522. The van der Waals surface area contributed by atoms with Crippen molar-refractivity contribution in [3.8, 4) is 6.07 Å². The van der Waals surface area contributed by atoms with E-state index in [4.69, 9.17) is 5.26 Å². The van der Waals surface area contributed by atoms with Crippen LogP contribution in [0.2, 0.25) is 0 Å². The fraction of sp³-hybridized carbons (Fsp3) is 0.167. The second-order valence-electron chi connectivity index (χ2n) is 3.58. The third-order valence-corrected chi connectivity index (χ3v) is 2.40. The highest BCUT2D eigenvalue weighted by atomic mass is 16.3. The van der Waals surface area contributed by atoms with Gasteiger partial charge >= 0.3 is 0 Å². The Balaban J connectivity index is 2.27. The van der Waals surface area contributed by atoms with Crippen LogP contribution in [0.3, 0.4) is 0 Å². The molecule has 0 saturated carbocycles. The van der Waals surface area contributed by atoms with Gasteiger partial charge in [0.15, 0.2) is 0 Å². The van der Waals surface area contributed by atoms with Crippen molar-refractivity contribution in [1.82, 2.24) is 9.78 Å². The summed E-state index contributed by atoms with van der Waals surface area (Å²) in [5, 5.41) is 22.7. The molecule has 0 saturated heterocycles. The number of aromatic nitrogens is 2. The fourth-order valence-electron chi connectivity index (χ4n) is 1.51. The predicted octanol–water partition coefficient (Wildman–Crippen LogP) is 1.37. The molecule has 1 heterocycles. The van der Waals surface area contributed by atoms with E-state index in [1.807, 2.05) is 6.07 Å². The van der Waals surface area contributed by atoms with Crippen LogP contribution in [0.5, 0.6) is 0 Å². The van der Waals surface area contributed by atoms with E-state index >= 15 is 0 Å². The maximum Gasteiger partial charge on any atom is 0.107 e. The van der Waals surface area contributed by atoms with Gasteiger partial charge in [-0.05, 0) is 17.7 Å². The summed E-state index contributed by atoms with van der Waals surface area (Å²) in [4.78, 5) is 0. The Kier molecular flexibility index (Phi) is 2.71. The van der Waals surface area contributed by atoms with Gasteiger partial charge in [0.05, 0.1) is 17.8 Å². The average molecular weight is 213 g/mol. The zero-order valence-corrected chi connectivity index (χ0v) is 8.83. The van der Waals surface area contributed by atoms with Crippen LogP contribution < -0.4 is 0 Å². The maximum absolute atomic E-state index is 10.0. The Labute approximate surface area is 93.4 Å². The third kappa shape index (κ3) is 1.95. The first kappa shape index (κ1) is 10.4. The molecule has 1 N–H and O–H groups in total. The summed E-state index contributed by atoms with van der Waals surface area (Å²) < 4.78 is 1.64. The van der Waals surface area contributed by atoms with Crippen molar-refractivity contribution >= 4 is 0 Å². The molecule has 0 aliphatic carbocycles. The lowest BCUT2D eigenvalue weighted by Gasteiger charge is -2.08. The molecule has 0 radical (unpaired) electrons. The maximum atomic E-state index is 10.0. The van der Waals surface area contributed by atoms with E-state index in [0.717, 1.165) is 11.1 Å². The monoisotopic (exact) mass is 213 g/mol. The van der Waals surface area contributed by atoms with Crippen LogP contribution in [0.15, 0.2) is 36.7 Å². The molecule has 0 aliphatic heterocycles. The van der Waals surface area contributed by atoms with E-state index in [1.54, 1.807) is 48.4 Å². The third-order valence-electron chi connectivity index (χ3n) is 2.40. The van der Waals surface area contributed by atoms with E-state index in [9.17, 15) is 5.11 Å². The van der Waals surface area contributed by atoms with E-state index in [0.29, 0.717) is 5.56 Å². The zero-order valence-electron chi connectivity index (χ0n) is 8.83. The van der Waals surface area contributed by atoms with Crippen molar-refractivity contribution in [3.05, 3.63) is 53.3 Å². The van der Waals surface area contributed by atoms with E-state index in [1.165, 1.54) is 0 Å². The molecule has 16 heavy (non-hydrogen) atoms. The fourth-order valence-corrected chi connectivity index (χ4v) is 1.51. The molecule has 4 heteroatoms. The molecule has 1 atom stereocenters. The molecule has 2 aromatic rings. The van der Waals surface area contributed by atoms with Gasteiger partial charge in [0.25, 0.3) is 0 Å². The summed E-state index contributed by atoms with van der Waals surface area (Å²) in [5.74, 6) is 0. The summed E-state index contributed by atoms with van der Waals surface area (Å²) in [6.07, 6.45) is 2.70. The molecular formula is C12H11N3O. The van der Waals surface area contributed by atoms with Gasteiger partial charge in [0, 0.05) is 18.8 Å². The number of hydrogen-bond donors (Lipinski definition) is 1. The van der Waals surface area contributed by atoms with E-state index in [2.05, 4.69) is 5.10 Å². The molecule has 1 aromatic heterocycles. The van der Waals surface area contributed by atoms with Crippen LogP contribution in [-0.4, -0.2) is 14.9 Å². The summed E-state index contributed by atoms with van der Waals surface area (Å²) in [5.41, 5.74) is 2.08.